The van der Waals surface area contributed by atoms with E-state index in [0.717, 1.165) is 55.6 Å². The SMILES string of the molecule is COc1ccc([C@H](C)NC(=O)N2CCC(C(=O)N3CCCC3)CC2)cc1C. The van der Waals surface area contributed by atoms with E-state index in [1.807, 2.05) is 41.8 Å². The predicted molar refractivity (Wildman–Crippen MR) is 105 cm³/mol. The summed E-state index contributed by atoms with van der Waals surface area (Å²) in [4.78, 5) is 29.0. The Morgan fingerprint density at radius 1 is 1.11 bits per heavy atom. The Bertz CT molecular complexity index is 677. The lowest BCUT2D eigenvalue weighted by atomic mass is 9.95. The summed E-state index contributed by atoms with van der Waals surface area (Å²) in [7, 11) is 1.66. The number of benzene rings is 1. The lowest BCUT2D eigenvalue weighted by Gasteiger charge is -2.33. The average molecular weight is 373 g/mol. The number of methoxy groups -OCH3 is 1. The third-order valence-corrected chi connectivity index (χ3v) is 5.81. The molecule has 1 aromatic rings. The molecule has 6 heteroatoms. The summed E-state index contributed by atoms with van der Waals surface area (Å²) in [5, 5.41) is 3.08. The Morgan fingerprint density at radius 3 is 2.37 bits per heavy atom. The Balaban J connectivity index is 1.50. The molecule has 27 heavy (non-hydrogen) atoms. The van der Waals surface area contributed by atoms with Gasteiger partial charge in [0.1, 0.15) is 5.75 Å². The van der Waals surface area contributed by atoms with Crippen LogP contribution in [0, 0.1) is 12.8 Å². The van der Waals surface area contributed by atoms with Crippen LogP contribution in [0.25, 0.3) is 0 Å². The minimum absolute atomic E-state index is 0.0527. The molecule has 0 aliphatic carbocycles. The lowest BCUT2D eigenvalue weighted by Crippen LogP contribution is -2.47. The van der Waals surface area contributed by atoms with Gasteiger partial charge >= 0.3 is 6.03 Å². The maximum Gasteiger partial charge on any atom is 0.317 e. The number of amides is 3. The number of rotatable bonds is 4. The second-order valence-corrected chi connectivity index (χ2v) is 7.69. The Kier molecular flexibility index (Phi) is 6.24. The van der Waals surface area contributed by atoms with Crippen molar-refractivity contribution in [2.45, 2.75) is 45.6 Å². The molecule has 2 saturated heterocycles. The van der Waals surface area contributed by atoms with Crippen LogP contribution in [0.1, 0.15) is 49.8 Å². The number of piperidine rings is 1. The monoisotopic (exact) mass is 373 g/mol. The van der Waals surface area contributed by atoms with Crippen LogP contribution in [-0.2, 0) is 4.79 Å². The number of likely N-dealkylation sites (tertiary alicyclic amines) is 2. The molecule has 2 fully saturated rings. The smallest absolute Gasteiger partial charge is 0.317 e. The molecule has 3 rings (SSSR count). The molecule has 1 atom stereocenters. The van der Waals surface area contributed by atoms with Crippen molar-refractivity contribution < 1.29 is 14.3 Å². The van der Waals surface area contributed by atoms with Gasteiger partial charge < -0.3 is 19.9 Å². The van der Waals surface area contributed by atoms with Crippen molar-refractivity contribution in [3.05, 3.63) is 29.3 Å². The van der Waals surface area contributed by atoms with Crippen molar-refractivity contribution >= 4 is 11.9 Å². The molecule has 6 nitrogen and oxygen atoms in total. The van der Waals surface area contributed by atoms with E-state index in [1.54, 1.807) is 7.11 Å². The molecule has 0 spiro atoms. The highest BCUT2D eigenvalue weighted by atomic mass is 16.5. The first-order chi connectivity index (χ1) is 13.0. The van der Waals surface area contributed by atoms with Gasteiger partial charge in [-0.3, -0.25) is 4.79 Å². The second-order valence-electron chi connectivity index (χ2n) is 7.69. The van der Waals surface area contributed by atoms with Crippen LogP contribution in [0.5, 0.6) is 5.75 Å². The fourth-order valence-electron chi connectivity index (χ4n) is 4.06. The normalized spacial score (nSPS) is 19.1. The highest BCUT2D eigenvalue weighted by molar-refractivity contribution is 5.80. The summed E-state index contributed by atoms with van der Waals surface area (Å²) in [6, 6.07) is 5.83. The summed E-state index contributed by atoms with van der Waals surface area (Å²) in [5.41, 5.74) is 2.11. The molecule has 0 unspecified atom stereocenters. The minimum atomic E-state index is -0.0777. The summed E-state index contributed by atoms with van der Waals surface area (Å²) in [6.45, 7) is 7.08. The summed E-state index contributed by atoms with van der Waals surface area (Å²) in [5.74, 6) is 1.21. The first-order valence-electron chi connectivity index (χ1n) is 9.98. The van der Waals surface area contributed by atoms with Crippen molar-refractivity contribution in [2.75, 3.05) is 33.3 Å². The van der Waals surface area contributed by atoms with Crippen LogP contribution in [0.3, 0.4) is 0 Å². The van der Waals surface area contributed by atoms with Crippen LogP contribution in [0.4, 0.5) is 4.79 Å². The van der Waals surface area contributed by atoms with E-state index in [0.29, 0.717) is 13.1 Å². The molecule has 0 aromatic heterocycles. The van der Waals surface area contributed by atoms with Gasteiger partial charge in [-0.05, 0) is 56.7 Å². The third kappa shape index (κ3) is 4.54. The molecular weight excluding hydrogens is 342 g/mol. The fraction of sp³-hybridized carbons (Fsp3) is 0.619. The fourth-order valence-corrected chi connectivity index (χ4v) is 4.06. The van der Waals surface area contributed by atoms with E-state index in [-0.39, 0.29) is 23.9 Å². The van der Waals surface area contributed by atoms with Gasteiger partial charge in [0.15, 0.2) is 0 Å². The van der Waals surface area contributed by atoms with Gasteiger partial charge in [-0.1, -0.05) is 12.1 Å². The van der Waals surface area contributed by atoms with Crippen molar-refractivity contribution in [1.29, 1.82) is 0 Å². The second kappa shape index (κ2) is 8.63. The maximum absolute atomic E-state index is 12.6. The number of hydrogen-bond donors (Lipinski definition) is 1. The van der Waals surface area contributed by atoms with Gasteiger partial charge in [0.05, 0.1) is 13.2 Å². The van der Waals surface area contributed by atoms with Crippen LogP contribution in [0.15, 0.2) is 18.2 Å². The highest BCUT2D eigenvalue weighted by Gasteiger charge is 2.31. The molecule has 2 aliphatic rings. The lowest BCUT2D eigenvalue weighted by molar-refractivity contribution is -0.135. The van der Waals surface area contributed by atoms with E-state index in [1.165, 1.54) is 0 Å². The van der Waals surface area contributed by atoms with Gasteiger partial charge in [0.25, 0.3) is 0 Å². The standard InChI is InChI=1S/C21H31N3O3/c1-15-14-18(6-7-19(15)27-3)16(2)22-21(26)24-12-8-17(9-13-24)20(25)23-10-4-5-11-23/h6-7,14,16-17H,4-5,8-13H2,1-3H3,(H,22,26)/t16-/m0/s1. The summed E-state index contributed by atoms with van der Waals surface area (Å²) < 4.78 is 5.30. The molecule has 1 aromatic carbocycles. The van der Waals surface area contributed by atoms with Gasteiger partial charge in [-0.15, -0.1) is 0 Å². The van der Waals surface area contributed by atoms with E-state index in [9.17, 15) is 9.59 Å². The predicted octanol–water partition coefficient (Wildman–Crippen LogP) is 3.11. The zero-order valence-electron chi connectivity index (χ0n) is 16.7. The van der Waals surface area contributed by atoms with Gasteiger partial charge in [-0.25, -0.2) is 4.79 Å². The van der Waals surface area contributed by atoms with Gasteiger partial charge in [0.2, 0.25) is 5.91 Å². The molecule has 0 saturated carbocycles. The van der Waals surface area contributed by atoms with Gasteiger partial charge in [0, 0.05) is 32.1 Å². The number of carbonyl (C=O) groups is 2. The number of aryl methyl sites for hydroxylation is 1. The van der Waals surface area contributed by atoms with Crippen LogP contribution < -0.4 is 10.1 Å². The molecule has 0 bridgehead atoms. The third-order valence-electron chi connectivity index (χ3n) is 5.81. The van der Waals surface area contributed by atoms with Crippen molar-refractivity contribution in [1.82, 2.24) is 15.1 Å². The van der Waals surface area contributed by atoms with Crippen LogP contribution in [0.2, 0.25) is 0 Å². The average Bonchev–Trinajstić information content (AvgIpc) is 3.22. The number of nitrogens with one attached hydrogen (secondary N) is 1. The Morgan fingerprint density at radius 2 is 1.78 bits per heavy atom. The van der Waals surface area contributed by atoms with Crippen molar-refractivity contribution in [3.63, 3.8) is 0 Å². The zero-order chi connectivity index (χ0) is 19.4. The largest absolute Gasteiger partial charge is 0.496 e. The van der Waals surface area contributed by atoms with Crippen LogP contribution in [-0.4, -0.2) is 55.0 Å². The quantitative estimate of drug-likeness (QED) is 0.882. The van der Waals surface area contributed by atoms with E-state index in [4.69, 9.17) is 4.74 Å². The first kappa shape index (κ1) is 19.5. The number of nitrogens with zero attached hydrogens (tertiary/aromatic N) is 2. The summed E-state index contributed by atoms with van der Waals surface area (Å²) >= 11 is 0. The molecule has 3 amide bonds. The van der Waals surface area contributed by atoms with Crippen molar-refractivity contribution in [3.8, 4) is 5.75 Å². The molecule has 0 radical (unpaired) electrons. The first-order valence-corrected chi connectivity index (χ1v) is 9.98. The number of urea groups is 1. The van der Waals surface area contributed by atoms with E-state index in [2.05, 4.69) is 5.32 Å². The number of hydrogen-bond acceptors (Lipinski definition) is 3. The number of ether oxygens (including phenoxy) is 1. The van der Waals surface area contributed by atoms with E-state index < -0.39 is 0 Å². The maximum atomic E-state index is 12.6. The summed E-state index contributed by atoms with van der Waals surface area (Å²) in [6.07, 6.45) is 3.77. The molecule has 1 N–H and O–H groups in total. The molecular formula is C21H31N3O3. The van der Waals surface area contributed by atoms with E-state index >= 15 is 0 Å². The Labute approximate surface area is 161 Å². The van der Waals surface area contributed by atoms with Crippen molar-refractivity contribution in [2.24, 2.45) is 5.92 Å². The van der Waals surface area contributed by atoms with Crippen LogP contribution >= 0.6 is 0 Å². The minimum Gasteiger partial charge on any atom is -0.496 e. The zero-order valence-corrected chi connectivity index (χ0v) is 16.7. The molecule has 2 aliphatic heterocycles. The topological polar surface area (TPSA) is 61.9 Å². The number of carbonyl (C=O) groups excluding carboxylic acids is 2. The highest BCUT2D eigenvalue weighted by Crippen LogP contribution is 2.24. The molecule has 148 valence electrons. The Hall–Kier alpha value is -2.24. The molecule has 2 heterocycles. The van der Waals surface area contributed by atoms with Gasteiger partial charge in [-0.2, -0.15) is 0 Å².